The van der Waals surface area contributed by atoms with Crippen molar-refractivity contribution in [2.45, 2.75) is 62.3 Å². The molecule has 0 bridgehead atoms. The summed E-state index contributed by atoms with van der Waals surface area (Å²) in [6, 6.07) is 0. The first kappa shape index (κ1) is 12.0. The third-order valence-electron chi connectivity index (χ3n) is 4.14. The van der Waals surface area contributed by atoms with Crippen molar-refractivity contribution < 1.29 is 13.3 Å². The Bertz CT molecular complexity index is 440. The van der Waals surface area contributed by atoms with E-state index in [0.717, 1.165) is 25.7 Å². The smallest absolute Gasteiger partial charge is 0.248 e. The van der Waals surface area contributed by atoms with Crippen LogP contribution in [0.15, 0.2) is 4.52 Å². The number of halogens is 2. The van der Waals surface area contributed by atoms with E-state index >= 15 is 0 Å². The van der Waals surface area contributed by atoms with E-state index in [-0.39, 0.29) is 18.8 Å². The van der Waals surface area contributed by atoms with Gasteiger partial charge in [-0.25, -0.2) is 8.78 Å². The normalized spacial score (nSPS) is 29.8. The lowest BCUT2D eigenvalue weighted by Crippen LogP contribution is -2.34. The standard InChI is InChI=1S/C12H17F2N3O/c13-12(14)6-3-8(7-12)9-16-10(17-18-9)11(15)4-1-2-5-11/h8H,1-7,15H2. The second kappa shape index (κ2) is 3.98. The molecule has 2 aliphatic carbocycles. The Morgan fingerprint density at radius 3 is 2.56 bits per heavy atom. The van der Waals surface area contributed by atoms with Crippen molar-refractivity contribution in [1.29, 1.82) is 0 Å². The maximum Gasteiger partial charge on any atom is 0.248 e. The lowest BCUT2D eigenvalue weighted by Gasteiger charge is -2.17. The molecule has 0 aromatic carbocycles. The van der Waals surface area contributed by atoms with Crippen LogP contribution in [-0.4, -0.2) is 16.1 Å². The van der Waals surface area contributed by atoms with Gasteiger partial charge < -0.3 is 10.3 Å². The molecule has 3 rings (SSSR count). The summed E-state index contributed by atoms with van der Waals surface area (Å²) in [7, 11) is 0. The van der Waals surface area contributed by atoms with E-state index in [1.807, 2.05) is 0 Å². The van der Waals surface area contributed by atoms with Gasteiger partial charge in [0.05, 0.1) is 5.54 Å². The summed E-state index contributed by atoms with van der Waals surface area (Å²) in [5.74, 6) is -2.08. The van der Waals surface area contributed by atoms with E-state index in [1.54, 1.807) is 0 Å². The third kappa shape index (κ3) is 2.02. The molecular formula is C12H17F2N3O. The Hall–Kier alpha value is -1.04. The van der Waals surface area contributed by atoms with Crippen molar-refractivity contribution >= 4 is 0 Å². The van der Waals surface area contributed by atoms with E-state index in [4.69, 9.17) is 10.3 Å². The van der Waals surface area contributed by atoms with Gasteiger partial charge in [0.1, 0.15) is 0 Å². The highest BCUT2D eigenvalue weighted by Crippen LogP contribution is 2.44. The SMILES string of the molecule is NC1(c2noc(C3CCC(F)(F)C3)n2)CCCC1. The first-order valence-electron chi connectivity index (χ1n) is 6.49. The quantitative estimate of drug-likeness (QED) is 0.884. The molecule has 1 atom stereocenters. The zero-order valence-corrected chi connectivity index (χ0v) is 10.2. The van der Waals surface area contributed by atoms with Gasteiger partial charge in [0.2, 0.25) is 11.8 Å². The summed E-state index contributed by atoms with van der Waals surface area (Å²) in [4.78, 5) is 4.28. The fourth-order valence-corrected chi connectivity index (χ4v) is 2.99. The van der Waals surface area contributed by atoms with Crippen LogP contribution in [0.25, 0.3) is 0 Å². The minimum absolute atomic E-state index is 0.0941. The van der Waals surface area contributed by atoms with Crippen LogP contribution in [0.1, 0.15) is 62.6 Å². The summed E-state index contributed by atoms with van der Waals surface area (Å²) >= 11 is 0. The molecular weight excluding hydrogens is 240 g/mol. The molecule has 2 aliphatic rings. The molecule has 1 unspecified atom stereocenters. The fourth-order valence-electron chi connectivity index (χ4n) is 2.99. The van der Waals surface area contributed by atoms with Gasteiger partial charge in [0.15, 0.2) is 5.82 Å². The van der Waals surface area contributed by atoms with Crippen LogP contribution < -0.4 is 5.73 Å². The highest BCUT2D eigenvalue weighted by atomic mass is 19.3. The summed E-state index contributed by atoms with van der Waals surface area (Å²) in [5, 5.41) is 3.91. The predicted molar refractivity (Wildman–Crippen MR) is 60.2 cm³/mol. The lowest BCUT2D eigenvalue weighted by atomic mass is 9.98. The average molecular weight is 257 g/mol. The Morgan fingerprint density at radius 2 is 1.94 bits per heavy atom. The topological polar surface area (TPSA) is 64.9 Å². The number of nitrogens with zero attached hydrogens (tertiary/aromatic N) is 2. The maximum atomic E-state index is 13.1. The Morgan fingerprint density at radius 1 is 1.22 bits per heavy atom. The number of alkyl halides is 2. The van der Waals surface area contributed by atoms with Gasteiger partial charge in [-0.2, -0.15) is 4.98 Å². The predicted octanol–water partition coefficient (Wildman–Crippen LogP) is 2.70. The molecule has 2 saturated carbocycles. The van der Waals surface area contributed by atoms with Crippen molar-refractivity contribution in [3.05, 3.63) is 11.7 Å². The summed E-state index contributed by atoms with van der Waals surface area (Å²) < 4.78 is 31.4. The van der Waals surface area contributed by atoms with Crippen molar-refractivity contribution in [3.63, 3.8) is 0 Å². The largest absolute Gasteiger partial charge is 0.339 e. The number of hydrogen-bond donors (Lipinski definition) is 1. The molecule has 1 aromatic rings. The fraction of sp³-hybridized carbons (Fsp3) is 0.833. The zero-order chi connectivity index (χ0) is 12.8. The zero-order valence-electron chi connectivity index (χ0n) is 10.2. The Balaban J connectivity index is 1.78. The van der Waals surface area contributed by atoms with Crippen LogP contribution >= 0.6 is 0 Å². The molecule has 1 heterocycles. The van der Waals surface area contributed by atoms with Gasteiger partial charge in [0, 0.05) is 18.8 Å². The molecule has 2 N–H and O–H groups in total. The lowest BCUT2D eigenvalue weighted by molar-refractivity contribution is 0.00690. The van der Waals surface area contributed by atoms with Gasteiger partial charge in [-0.1, -0.05) is 18.0 Å². The second-order valence-corrected chi connectivity index (χ2v) is 5.62. The molecule has 0 spiro atoms. The Kier molecular flexibility index (Phi) is 2.66. The summed E-state index contributed by atoms with van der Waals surface area (Å²) in [6.45, 7) is 0. The highest BCUT2D eigenvalue weighted by molar-refractivity contribution is 5.09. The first-order chi connectivity index (χ1) is 8.49. The minimum atomic E-state index is -2.59. The van der Waals surface area contributed by atoms with E-state index < -0.39 is 11.5 Å². The summed E-state index contributed by atoms with van der Waals surface area (Å²) in [5.41, 5.74) is 5.70. The number of rotatable bonds is 2. The van der Waals surface area contributed by atoms with Crippen LogP contribution in [0.2, 0.25) is 0 Å². The molecule has 4 nitrogen and oxygen atoms in total. The van der Waals surface area contributed by atoms with Gasteiger partial charge in [0.25, 0.3) is 0 Å². The van der Waals surface area contributed by atoms with Gasteiger partial charge in [-0.05, 0) is 19.3 Å². The van der Waals surface area contributed by atoms with Gasteiger partial charge in [-0.15, -0.1) is 0 Å². The van der Waals surface area contributed by atoms with Crippen molar-refractivity contribution in [2.24, 2.45) is 5.73 Å². The van der Waals surface area contributed by atoms with Crippen molar-refractivity contribution in [2.75, 3.05) is 0 Å². The third-order valence-corrected chi connectivity index (χ3v) is 4.14. The van der Waals surface area contributed by atoms with E-state index in [9.17, 15) is 8.78 Å². The molecule has 1 aromatic heterocycles. The number of nitrogens with two attached hydrogens (primary N) is 1. The van der Waals surface area contributed by atoms with Crippen LogP contribution in [0.3, 0.4) is 0 Å². The summed E-state index contributed by atoms with van der Waals surface area (Å²) in [6.07, 6.45) is 3.92. The second-order valence-electron chi connectivity index (χ2n) is 5.62. The molecule has 18 heavy (non-hydrogen) atoms. The van der Waals surface area contributed by atoms with Crippen molar-refractivity contribution in [1.82, 2.24) is 10.1 Å². The minimum Gasteiger partial charge on any atom is -0.339 e. The first-order valence-corrected chi connectivity index (χ1v) is 6.49. The maximum absolute atomic E-state index is 13.1. The monoisotopic (exact) mass is 257 g/mol. The molecule has 0 aliphatic heterocycles. The Labute approximate surface area is 104 Å². The van der Waals surface area contributed by atoms with Crippen LogP contribution in [0, 0.1) is 0 Å². The van der Waals surface area contributed by atoms with E-state index in [1.165, 1.54) is 0 Å². The van der Waals surface area contributed by atoms with Crippen LogP contribution in [0.4, 0.5) is 8.78 Å². The van der Waals surface area contributed by atoms with E-state index in [0.29, 0.717) is 18.1 Å². The van der Waals surface area contributed by atoms with Crippen molar-refractivity contribution in [3.8, 4) is 0 Å². The molecule has 100 valence electrons. The van der Waals surface area contributed by atoms with Crippen LogP contribution in [0.5, 0.6) is 0 Å². The molecule has 2 fully saturated rings. The number of hydrogen-bond acceptors (Lipinski definition) is 4. The highest BCUT2D eigenvalue weighted by Gasteiger charge is 2.43. The average Bonchev–Trinajstić information content (AvgIpc) is 2.97. The molecule has 0 radical (unpaired) electrons. The molecule has 6 heteroatoms. The number of aromatic nitrogens is 2. The van der Waals surface area contributed by atoms with E-state index in [2.05, 4.69) is 10.1 Å². The molecule has 0 saturated heterocycles. The van der Waals surface area contributed by atoms with Gasteiger partial charge in [-0.3, -0.25) is 0 Å². The van der Waals surface area contributed by atoms with Gasteiger partial charge >= 0.3 is 0 Å². The van der Waals surface area contributed by atoms with Crippen LogP contribution in [-0.2, 0) is 5.54 Å². The molecule has 0 amide bonds.